The summed E-state index contributed by atoms with van der Waals surface area (Å²) in [6, 6.07) is 3.82. The van der Waals surface area contributed by atoms with Gasteiger partial charge in [0, 0.05) is 31.4 Å². The summed E-state index contributed by atoms with van der Waals surface area (Å²) in [6.07, 6.45) is 0.975. The Morgan fingerprint density at radius 1 is 1.44 bits per heavy atom. The fourth-order valence-electron chi connectivity index (χ4n) is 2.52. The van der Waals surface area contributed by atoms with Crippen LogP contribution in [0.5, 0.6) is 0 Å². The standard InChI is InChI=1S/C11H12ClFN2.ClH/c12-9-4-7-3-8-6-14-1-2-15(8)11(7)5-10(9)13;/h4-5,8,14H,1-3,6H2;1H. The molecular weight excluding hydrogens is 250 g/mol. The maximum absolute atomic E-state index is 13.4. The molecule has 1 N–H and O–H groups in total. The number of halogens is 3. The molecular formula is C11H13Cl2FN2. The first-order chi connectivity index (χ1) is 7.25. The van der Waals surface area contributed by atoms with Gasteiger partial charge in [0.05, 0.1) is 5.02 Å². The lowest BCUT2D eigenvalue weighted by atomic mass is 10.1. The van der Waals surface area contributed by atoms with Gasteiger partial charge in [-0.15, -0.1) is 12.4 Å². The third-order valence-electron chi connectivity index (χ3n) is 3.24. The van der Waals surface area contributed by atoms with E-state index in [0.29, 0.717) is 6.04 Å². The number of benzene rings is 1. The molecule has 16 heavy (non-hydrogen) atoms. The van der Waals surface area contributed by atoms with Crippen LogP contribution in [0, 0.1) is 5.82 Å². The van der Waals surface area contributed by atoms with Crippen LogP contribution in [-0.4, -0.2) is 25.7 Å². The molecule has 2 nitrogen and oxygen atoms in total. The monoisotopic (exact) mass is 262 g/mol. The largest absolute Gasteiger partial charge is 0.365 e. The Hall–Kier alpha value is -0.510. The van der Waals surface area contributed by atoms with Crippen LogP contribution in [0.25, 0.3) is 0 Å². The molecule has 0 aliphatic carbocycles. The van der Waals surface area contributed by atoms with Gasteiger partial charge in [0.2, 0.25) is 0 Å². The summed E-state index contributed by atoms with van der Waals surface area (Å²) >= 11 is 5.78. The van der Waals surface area contributed by atoms with Crippen molar-refractivity contribution in [3.63, 3.8) is 0 Å². The molecule has 2 heterocycles. The van der Waals surface area contributed by atoms with Gasteiger partial charge < -0.3 is 10.2 Å². The predicted octanol–water partition coefficient (Wildman–Crippen LogP) is 2.24. The number of nitrogens with zero attached hydrogens (tertiary/aromatic N) is 1. The number of rotatable bonds is 0. The summed E-state index contributed by atoms with van der Waals surface area (Å²) in [7, 11) is 0. The van der Waals surface area contributed by atoms with E-state index in [9.17, 15) is 4.39 Å². The molecule has 0 bridgehead atoms. The third-order valence-corrected chi connectivity index (χ3v) is 3.53. The fraction of sp³-hybridized carbons (Fsp3) is 0.455. The van der Waals surface area contributed by atoms with Crippen LogP contribution in [0.4, 0.5) is 10.1 Å². The Bertz CT molecular complexity index is 411. The minimum absolute atomic E-state index is 0. The van der Waals surface area contributed by atoms with Gasteiger partial charge in [-0.2, -0.15) is 0 Å². The number of piperazine rings is 1. The van der Waals surface area contributed by atoms with Crippen molar-refractivity contribution in [1.29, 1.82) is 0 Å². The molecule has 1 saturated heterocycles. The lowest BCUT2D eigenvalue weighted by Gasteiger charge is -2.32. The van der Waals surface area contributed by atoms with E-state index in [1.165, 1.54) is 5.56 Å². The van der Waals surface area contributed by atoms with Crippen molar-refractivity contribution in [3.05, 3.63) is 28.5 Å². The Morgan fingerprint density at radius 2 is 2.25 bits per heavy atom. The van der Waals surface area contributed by atoms with Crippen molar-refractivity contribution < 1.29 is 4.39 Å². The van der Waals surface area contributed by atoms with Crippen LogP contribution in [-0.2, 0) is 6.42 Å². The number of anilines is 1. The average Bonchev–Trinajstić information content (AvgIpc) is 2.57. The second-order valence-corrected chi connectivity index (χ2v) is 4.56. The first kappa shape index (κ1) is 12.0. The smallest absolute Gasteiger partial charge is 0.143 e. The van der Waals surface area contributed by atoms with Gasteiger partial charge in [0.15, 0.2) is 0 Å². The predicted molar refractivity (Wildman–Crippen MR) is 66.4 cm³/mol. The van der Waals surface area contributed by atoms with Gasteiger partial charge in [-0.05, 0) is 24.1 Å². The molecule has 0 aromatic heterocycles. The highest BCUT2D eigenvalue weighted by Gasteiger charge is 2.31. The van der Waals surface area contributed by atoms with Gasteiger partial charge >= 0.3 is 0 Å². The Kier molecular flexibility index (Phi) is 3.29. The molecule has 0 amide bonds. The normalized spacial score (nSPS) is 22.4. The molecule has 0 radical (unpaired) electrons. The molecule has 1 aromatic carbocycles. The lowest BCUT2D eigenvalue weighted by Crippen LogP contribution is -2.49. The van der Waals surface area contributed by atoms with E-state index in [4.69, 9.17) is 11.6 Å². The first-order valence-electron chi connectivity index (χ1n) is 5.21. The van der Waals surface area contributed by atoms with Gasteiger partial charge in [-0.25, -0.2) is 4.39 Å². The maximum Gasteiger partial charge on any atom is 0.143 e. The van der Waals surface area contributed by atoms with E-state index in [0.717, 1.165) is 31.7 Å². The second kappa shape index (κ2) is 4.40. The van der Waals surface area contributed by atoms with E-state index in [-0.39, 0.29) is 23.2 Å². The first-order valence-corrected chi connectivity index (χ1v) is 5.59. The fourth-order valence-corrected chi connectivity index (χ4v) is 2.71. The van der Waals surface area contributed by atoms with Crippen LogP contribution in [0.15, 0.2) is 12.1 Å². The lowest BCUT2D eigenvalue weighted by molar-refractivity contribution is 0.494. The quantitative estimate of drug-likeness (QED) is 0.772. The summed E-state index contributed by atoms with van der Waals surface area (Å²) < 4.78 is 13.4. The second-order valence-electron chi connectivity index (χ2n) is 4.15. The summed E-state index contributed by atoms with van der Waals surface area (Å²) in [5.41, 5.74) is 2.21. The SMILES string of the molecule is Cl.Fc1cc2c(cc1Cl)CC1CNCCN21. The van der Waals surface area contributed by atoms with Crippen LogP contribution in [0.2, 0.25) is 5.02 Å². The van der Waals surface area contributed by atoms with Crippen molar-refractivity contribution >= 4 is 29.7 Å². The summed E-state index contributed by atoms with van der Waals surface area (Å²) in [5, 5.41) is 3.59. The molecule has 1 atom stereocenters. The topological polar surface area (TPSA) is 15.3 Å². The average molecular weight is 263 g/mol. The summed E-state index contributed by atoms with van der Waals surface area (Å²) in [5.74, 6) is -0.311. The molecule has 0 spiro atoms. The van der Waals surface area contributed by atoms with E-state index < -0.39 is 0 Å². The van der Waals surface area contributed by atoms with Crippen molar-refractivity contribution in [1.82, 2.24) is 5.32 Å². The van der Waals surface area contributed by atoms with E-state index in [1.807, 2.05) is 0 Å². The van der Waals surface area contributed by atoms with Gasteiger partial charge in [0.1, 0.15) is 5.82 Å². The number of nitrogens with one attached hydrogen (secondary N) is 1. The van der Waals surface area contributed by atoms with E-state index >= 15 is 0 Å². The molecule has 1 unspecified atom stereocenters. The molecule has 0 saturated carbocycles. The highest BCUT2D eigenvalue weighted by molar-refractivity contribution is 6.30. The summed E-state index contributed by atoms with van der Waals surface area (Å²) in [4.78, 5) is 2.28. The molecule has 3 rings (SSSR count). The molecule has 5 heteroatoms. The highest BCUT2D eigenvalue weighted by atomic mass is 35.5. The van der Waals surface area contributed by atoms with Crippen LogP contribution >= 0.6 is 24.0 Å². The third kappa shape index (κ3) is 1.77. The molecule has 2 aliphatic rings. The van der Waals surface area contributed by atoms with E-state index in [2.05, 4.69) is 10.2 Å². The van der Waals surface area contributed by atoms with Gasteiger partial charge in [-0.1, -0.05) is 11.6 Å². The number of fused-ring (bicyclic) bond motifs is 3. The highest BCUT2D eigenvalue weighted by Crippen LogP contribution is 2.35. The van der Waals surface area contributed by atoms with Gasteiger partial charge in [0.25, 0.3) is 0 Å². The van der Waals surface area contributed by atoms with Crippen molar-refractivity contribution in [2.75, 3.05) is 24.5 Å². The maximum atomic E-state index is 13.4. The van der Waals surface area contributed by atoms with Crippen molar-refractivity contribution in [2.45, 2.75) is 12.5 Å². The Balaban J connectivity index is 0.000000963. The zero-order valence-electron chi connectivity index (χ0n) is 8.67. The molecule has 1 fully saturated rings. The summed E-state index contributed by atoms with van der Waals surface area (Å²) in [6.45, 7) is 2.91. The Labute approximate surface area is 105 Å². The number of hydrogen-bond acceptors (Lipinski definition) is 2. The van der Waals surface area contributed by atoms with Crippen LogP contribution in [0.1, 0.15) is 5.56 Å². The van der Waals surface area contributed by atoms with Crippen molar-refractivity contribution in [2.24, 2.45) is 0 Å². The van der Waals surface area contributed by atoms with Crippen LogP contribution in [0.3, 0.4) is 0 Å². The van der Waals surface area contributed by atoms with Crippen LogP contribution < -0.4 is 10.2 Å². The molecule has 2 aliphatic heterocycles. The zero-order chi connectivity index (χ0) is 10.4. The van der Waals surface area contributed by atoms with Gasteiger partial charge in [-0.3, -0.25) is 0 Å². The Morgan fingerprint density at radius 3 is 3.06 bits per heavy atom. The zero-order valence-corrected chi connectivity index (χ0v) is 10.2. The minimum atomic E-state index is -0.311. The molecule has 1 aromatic rings. The van der Waals surface area contributed by atoms with Crippen molar-refractivity contribution in [3.8, 4) is 0 Å². The molecule has 88 valence electrons. The number of hydrogen-bond donors (Lipinski definition) is 1. The van der Waals surface area contributed by atoms with E-state index in [1.54, 1.807) is 12.1 Å². The minimum Gasteiger partial charge on any atom is -0.365 e.